The van der Waals surface area contributed by atoms with Crippen LogP contribution in [0.1, 0.15) is 10.4 Å². The van der Waals surface area contributed by atoms with Crippen molar-refractivity contribution in [1.29, 1.82) is 0 Å². The van der Waals surface area contributed by atoms with E-state index in [2.05, 4.69) is 10.0 Å². The number of hydrogen-bond donors (Lipinski definition) is 1. The van der Waals surface area contributed by atoms with Gasteiger partial charge in [0.25, 0.3) is 5.91 Å². The Kier molecular flexibility index (Phi) is 18.3. The molecule has 0 spiro atoms. The van der Waals surface area contributed by atoms with Crippen LogP contribution in [0.2, 0.25) is 0 Å². The molecule has 0 heterocycles. The van der Waals surface area contributed by atoms with E-state index in [-0.39, 0.29) is 108 Å². The van der Waals surface area contributed by atoms with Crippen LogP contribution < -0.4 is 119 Å². The van der Waals surface area contributed by atoms with E-state index in [1.54, 1.807) is 18.2 Å². The van der Waals surface area contributed by atoms with Crippen molar-refractivity contribution in [3.8, 4) is 0 Å². The molecule has 18 heavy (non-hydrogen) atoms. The zero-order valence-corrected chi connectivity index (χ0v) is 16.1. The first-order valence-electron chi connectivity index (χ1n) is 3.81. The molecule has 84 valence electrons. The van der Waals surface area contributed by atoms with Crippen LogP contribution in [-0.4, -0.2) is 12.1 Å². The summed E-state index contributed by atoms with van der Waals surface area (Å²) in [6.07, 6.45) is -2.33. The number of carbonyl (C=O) groups is 2. The van der Waals surface area contributed by atoms with E-state index in [4.69, 9.17) is 26.3 Å². The van der Waals surface area contributed by atoms with Gasteiger partial charge in [0.15, 0.2) is 0 Å². The third kappa shape index (κ3) is 11.6. The Morgan fingerprint density at radius 1 is 1.22 bits per heavy atom. The van der Waals surface area contributed by atoms with Crippen LogP contribution >= 0.6 is 0 Å². The molecule has 0 aromatic heterocycles. The summed E-state index contributed by atoms with van der Waals surface area (Å²) < 4.78 is 0. The first-order chi connectivity index (χ1) is 7.49. The van der Waals surface area contributed by atoms with Crippen molar-refractivity contribution >= 4 is 17.7 Å². The van der Waals surface area contributed by atoms with Gasteiger partial charge in [-0.3, -0.25) is 4.79 Å². The van der Waals surface area contributed by atoms with Crippen LogP contribution in [0.4, 0.5) is 10.5 Å². The Hall–Kier alpha value is 0.543. The number of anilines is 1. The van der Waals surface area contributed by atoms with E-state index in [1.807, 2.05) is 0 Å². The Morgan fingerprint density at radius 2 is 1.67 bits per heavy atom. The Labute approximate surface area is 187 Å². The molecule has 0 fully saturated rings. The molecule has 0 aliphatic carbocycles. The minimum atomic E-state index is -2.33. The molecular weight excluding hydrogens is 294 g/mol. The smallest absolute Gasteiger partial charge is 0.652 e. The van der Waals surface area contributed by atoms with Gasteiger partial charge in [0.1, 0.15) is 0 Å². The second kappa shape index (κ2) is 14.0. The van der Waals surface area contributed by atoms with Gasteiger partial charge in [-0.1, -0.05) is 12.1 Å². The SMILES string of the molecule is O=C([O-])[O-].[K+].[K+].[N-]=[N+]=NC(=O)c1ccccc1N. The minimum absolute atomic E-state index is 0. The van der Waals surface area contributed by atoms with Gasteiger partial charge in [-0.2, -0.15) is 0 Å². The predicted octanol–water partition coefficient (Wildman–Crippen LogP) is -6.72. The maximum Gasteiger partial charge on any atom is 1.00 e. The number of benzene rings is 1. The molecule has 10 heteroatoms. The van der Waals surface area contributed by atoms with Crippen molar-refractivity contribution < 1.29 is 123 Å². The average molecular weight is 300 g/mol. The first-order valence-corrected chi connectivity index (χ1v) is 3.81. The monoisotopic (exact) mass is 300 g/mol. The van der Waals surface area contributed by atoms with Crippen molar-refractivity contribution in [2.24, 2.45) is 5.11 Å². The zero-order chi connectivity index (χ0) is 12.6. The normalized spacial score (nSPS) is 7.11. The largest absolute Gasteiger partial charge is 1.00 e. The van der Waals surface area contributed by atoms with Gasteiger partial charge in [0.2, 0.25) is 0 Å². The number of nitrogen functional groups attached to an aromatic ring is 1. The van der Waals surface area contributed by atoms with Crippen molar-refractivity contribution in [2.45, 2.75) is 0 Å². The van der Waals surface area contributed by atoms with Crippen LogP contribution in [0.25, 0.3) is 10.4 Å². The molecule has 0 radical (unpaired) electrons. The predicted molar refractivity (Wildman–Crippen MR) is 49.7 cm³/mol. The fraction of sp³-hybridized carbons (Fsp3) is 0. The first kappa shape index (κ1) is 23.6. The topological polar surface area (TPSA) is 155 Å². The van der Waals surface area contributed by atoms with Crippen LogP contribution in [-0.2, 0) is 0 Å². The number of carboxylic acid groups (broad SMARTS) is 2. The van der Waals surface area contributed by atoms with Gasteiger partial charge in [0.05, 0.1) is 0 Å². The Bertz CT molecular complexity index is 444. The summed E-state index contributed by atoms with van der Waals surface area (Å²) in [6.45, 7) is 0. The molecule has 0 aliphatic rings. The van der Waals surface area contributed by atoms with Gasteiger partial charge >= 0.3 is 103 Å². The van der Waals surface area contributed by atoms with Crippen molar-refractivity contribution in [3.05, 3.63) is 40.3 Å². The van der Waals surface area contributed by atoms with Crippen molar-refractivity contribution in [2.75, 3.05) is 5.73 Å². The van der Waals surface area contributed by atoms with E-state index < -0.39 is 12.1 Å². The number of nitrogens with zero attached hydrogens (tertiary/aromatic N) is 3. The molecule has 1 aromatic carbocycles. The summed E-state index contributed by atoms with van der Waals surface area (Å²) in [4.78, 5) is 21.7. The summed E-state index contributed by atoms with van der Waals surface area (Å²) in [5, 5.41) is 19.6. The molecule has 2 N–H and O–H groups in total. The maximum absolute atomic E-state index is 11.0. The molecule has 0 atom stereocenters. The standard InChI is InChI=1S/C7H6N4O.CH2O3.2K/c8-6-4-2-1-3-5(6)7(12)10-11-9;2-1(3)4;;/h1-4H,8H2;(H2,2,3,4);;/q;;2*+1/p-2. The third-order valence-corrected chi connectivity index (χ3v) is 1.33. The fourth-order valence-corrected chi connectivity index (χ4v) is 0.786. The maximum atomic E-state index is 11.0. The molecule has 1 aromatic rings. The Morgan fingerprint density at radius 3 is 2.06 bits per heavy atom. The van der Waals surface area contributed by atoms with Crippen LogP contribution in [0, 0.1) is 0 Å². The summed E-state index contributed by atoms with van der Waals surface area (Å²) in [5.41, 5.74) is 14.0. The third-order valence-electron chi connectivity index (χ3n) is 1.33. The second-order valence-corrected chi connectivity index (χ2v) is 2.33. The van der Waals surface area contributed by atoms with E-state index in [1.165, 1.54) is 6.07 Å². The molecule has 0 saturated carbocycles. The van der Waals surface area contributed by atoms with Gasteiger partial charge in [0, 0.05) is 16.2 Å². The van der Waals surface area contributed by atoms with E-state index in [9.17, 15) is 4.79 Å². The number of azide groups is 1. The van der Waals surface area contributed by atoms with Gasteiger partial charge in [-0.15, -0.1) is 0 Å². The molecular formula is C8H6K2N4O4. The summed E-state index contributed by atoms with van der Waals surface area (Å²) in [5.74, 6) is -0.657. The van der Waals surface area contributed by atoms with Gasteiger partial charge in [-0.25, -0.2) is 0 Å². The Balaban J connectivity index is -0.000000332. The van der Waals surface area contributed by atoms with Crippen LogP contribution in [0.5, 0.6) is 0 Å². The van der Waals surface area contributed by atoms with Gasteiger partial charge < -0.3 is 20.7 Å². The molecule has 0 aliphatic heterocycles. The van der Waals surface area contributed by atoms with E-state index in [0.29, 0.717) is 5.69 Å². The van der Waals surface area contributed by atoms with Crippen LogP contribution in [0.3, 0.4) is 0 Å². The van der Waals surface area contributed by atoms with E-state index >= 15 is 0 Å². The van der Waals surface area contributed by atoms with E-state index in [0.717, 1.165) is 0 Å². The quantitative estimate of drug-likeness (QED) is 0.179. The number of hydrogen-bond acceptors (Lipinski definition) is 5. The minimum Gasteiger partial charge on any atom is -0.652 e. The molecule has 1 rings (SSSR count). The van der Waals surface area contributed by atoms with Crippen molar-refractivity contribution in [1.82, 2.24) is 0 Å². The number of para-hydroxylation sites is 1. The number of carbonyl (C=O) groups excluding carboxylic acids is 2. The number of rotatable bonds is 1. The average Bonchev–Trinajstić information content (AvgIpc) is 2.17. The number of amides is 1. The molecule has 0 saturated heterocycles. The molecule has 1 amide bonds. The van der Waals surface area contributed by atoms with Crippen molar-refractivity contribution in [3.63, 3.8) is 0 Å². The molecule has 8 nitrogen and oxygen atoms in total. The summed E-state index contributed by atoms with van der Waals surface area (Å²) >= 11 is 0. The zero-order valence-electron chi connectivity index (χ0n) is 9.86. The molecule has 0 bridgehead atoms. The summed E-state index contributed by atoms with van der Waals surface area (Å²) in [6, 6.07) is 6.42. The fourth-order valence-electron chi connectivity index (χ4n) is 0.786. The van der Waals surface area contributed by atoms with Gasteiger partial charge in [-0.05, 0) is 28.9 Å². The summed E-state index contributed by atoms with van der Waals surface area (Å²) in [7, 11) is 0. The number of nitrogens with two attached hydrogens (primary N) is 1. The van der Waals surface area contributed by atoms with Crippen LogP contribution in [0.15, 0.2) is 29.4 Å². The molecule has 0 unspecified atom stereocenters. The second-order valence-electron chi connectivity index (χ2n) is 2.33.